The molecule has 0 unspecified atom stereocenters. The van der Waals surface area contributed by atoms with E-state index in [1.54, 1.807) is 6.07 Å². The highest BCUT2D eigenvalue weighted by molar-refractivity contribution is 6.42. The second-order valence-electron chi connectivity index (χ2n) is 3.77. The van der Waals surface area contributed by atoms with Crippen LogP contribution < -0.4 is 4.74 Å². The molecule has 1 nitrogen and oxygen atoms in total. The minimum absolute atomic E-state index is 0.214. The molecule has 0 saturated heterocycles. The van der Waals surface area contributed by atoms with E-state index in [0.29, 0.717) is 15.8 Å². The van der Waals surface area contributed by atoms with Gasteiger partial charge in [-0.15, -0.1) is 0 Å². The summed E-state index contributed by atoms with van der Waals surface area (Å²) in [6.45, 7) is 6.10. The fraction of sp³-hybridized carbons (Fsp3) is 0.455. The van der Waals surface area contributed by atoms with E-state index >= 15 is 0 Å². The van der Waals surface area contributed by atoms with Gasteiger partial charge in [0.2, 0.25) is 0 Å². The molecule has 0 atom stereocenters. The van der Waals surface area contributed by atoms with Crippen LogP contribution in [0.2, 0.25) is 10.0 Å². The maximum absolute atomic E-state index is 6.00. The lowest BCUT2D eigenvalue weighted by Gasteiger charge is -2.25. The predicted octanol–water partition coefficient (Wildman–Crippen LogP) is 4.56. The molecular formula is C11H14Cl2O. The zero-order chi connectivity index (χ0) is 10.8. The van der Waals surface area contributed by atoms with Crippen molar-refractivity contribution in [2.45, 2.75) is 32.8 Å². The van der Waals surface area contributed by atoms with E-state index in [9.17, 15) is 0 Å². The largest absolute Gasteiger partial charge is 0.486 e. The maximum Gasteiger partial charge on any atom is 0.140 e. The Morgan fingerprint density at radius 2 is 1.93 bits per heavy atom. The highest BCUT2D eigenvalue weighted by Crippen LogP contribution is 2.34. The maximum atomic E-state index is 6.00. The molecule has 0 aliphatic heterocycles. The standard InChI is InChI=1S/C11H14Cl2O/c1-4-11(2,3)14-9-7-5-6-8(12)10(9)13/h5-7H,4H2,1-3H3. The van der Waals surface area contributed by atoms with E-state index in [4.69, 9.17) is 27.9 Å². The van der Waals surface area contributed by atoms with Gasteiger partial charge < -0.3 is 4.74 Å². The smallest absolute Gasteiger partial charge is 0.140 e. The van der Waals surface area contributed by atoms with Gasteiger partial charge in [0.1, 0.15) is 16.4 Å². The first-order chi connectivity index (χ1) is 6.46. The summed E-state index contributed by atoms with van der Waals surface area (Å²) in [4.78, 5) is 0. The normalized spacial score (nSPS) is 11.5. The molecule has 14 heavy (non-hydrogen) atoms. The summed E-state index contributed by atoms with van der Waals surface area (Å²) in [7, 11) is 0. The number of hydrogen-bond acceptors (Lipinski definition) is 1. The average Bonchev–Trinajstić information content (AvgIpc) is 2.13. The van der Waals surface area contributed by atoms with Gasteiger partial charge in [-0.3, -0.25) is 0 Å². The van der Waals surface area contributed by atoms with E-state index in [2.05, 4.69) is 6.92 Å². The van der Waals surface area contributed by atoms with Crippen molar-refractivity contribution in [2.75, 3.05) is 0 Å². The van der Waals surface area contributed by atoms with Crippen LogP contribution in [-0.2, 0) is 0 Å². The van der Waals surface area contributed by atoms with Crippen molar-refractivity contribution >= 4 is 23.2 Å². The average molecular weight is 233 g/mol. The van der Waals surface area contributed by atoms with E-state index in [1.807, 2.05) is 26.0 Å². The highest BCUT2D eigenvalue weighted by atomic mass is 35.5. The Labute approximate surface area is 95.0 Å². The Hall–Kier alpha value is -0.400. The molecule has 0 spiro atoms. The van der Waals surface area contributed by atoms with Crippen molar-refractivity contribution in [3.8, 4) is 5.75 Å². The minimum atomic E-state index is -0.214. The molecule has 1 aromatic carbocycles. The Morgan fingerprint density at radius 3 is 2.50 bits per heavy atom. The molecular weight excluding hydrogens is 219 g/mol. The molecule has 0 aliphatic rings. The van der Waals surface area contributed by atoms with Crippen LogP contribution in [0, 0.1) is 0 Å². The molecule has 0 aromatic heterocycles. The summed E-state index contributed by atoms with van der Waals surface area (Å²) < 4.78 is 5.75. The van der Waals surface area contributed by atoms with Crippen molar-refractivity contribution in [2.24, 2.45) is 0 Å². The molecule has 0 amide bonds. The van der Waals surface area contributed by atoms with Gasteiger partial charge >= 0.3 is 0 Å². The van der Waals surface area contributed by atoms with Gasteiger partial charge in [-0.25, -0.2) is 0 Å². The molecule has 3 heteroatoms. The van der Waals surface area contributed by atoms with E-state index in [0.717, 1.165) is 6.42 Å². The van der Waals surface area contributed by atoms with Crippen molar-refractivity contribution in [1.29, 1.82) is 0 Å². The monoisotopic (exact) mass is 232 g/mol. The van der Waals surface area contributed by atoms with Gasteiger partial charge in [0.25, 0.3) is 0 Å². The number of ether oxygens (including phenoxy) is 1. The minimum Gasteiger partial charge on any atom is -0.486 e. The van der Waals surface area contributed by atoms with Gasteiger partial charge in [0, 0.05) is 0 Å². The highest BCUT2D eigenvalue weighted by Gasteiger charge is 2.18. The first kappa shape index (κ1) is 11.7. The number of halogens is 2. The van der Waals surface area contributed by atoms with Crippen LogP contribution in [0.3, 0.4) is 0 Å². The van der Waals surface area contributed by atoms with Crippen LogP contribution in [0.4, 0.5) is 0 Å². The van der Waals surface area contributed by atoms with Gasteiger partial charge in [0.05, 0.1) is 5.02 Å². The van der Waals surface area contributed by atoms with Gasteiger partial charge in [-0.1, -0.05) is 36.2 Å². The Balaban J connectivity index is 2.92. The Kier molecular flexibility index (Phi) is 3.68. The summed E-state index contributed by atoms with van der Waals surface area (Å²) in [6, 6.07) is 5.40. The fourth-order valence-corrected chi connectivity index (χ4v) is 1.26. The fourth-order valence-electron chi connectivity index (χ4n) is 0.933. The lowest BCUT2D eigenvalue weighted by Crippen LogP contribution is -2.26. The molecule has 0 aliphatic carbocycles. The van der Waals surface area contributed by atoms with Crippen molar-refractivity contribution in [1.82, 2.24) is 0 Å². The van der Waals surface area contributed by atoms with Gasteiger partial charge in [-0.2, -0.15) is 0 Å². The molecule has 0 radical (unpaired) electrons. The summed E-state index contributed by atoms with van der Waals surface area (Å²) in [6.07, 6.45) is 0.913. The van der Waals surface area contributed by atoms with E-state index in [1.165, 1.54) is 0 Å². The van der Waals surface area contributed by atoms with Crippen LogP contribution in [0.5, 0.6) is 5.75 Å². The number of hydrogen-bond donors (Lipinski definition) is 0. The van der Waals surface area contributed by atoms with Crippen molar-refractivity contribution in [3.05, 3.63) is 28.2 Å². The summed E-state index contributed by atoms with van der Waals surface area (Å²) in [5.74, 6) is 0.644. The van der Waals surface area contributed by atoms with Crippen LogP contribution in [-0.4, -0.2) is 5.60 Å². The zero-order valence-corrected chi connectivity index (χ0v) is 10.1. The lowest BCUT2D eigenvalue weighted by atomic mass is 10.1. The third-order valence-electron chi connectivity index (χ3n) is 2.15. The second-order valence-corrected chi connectivity index (χ2v) is 4.55. The number of benzene rings is 1. The Morgan fingerprint density at radius 1 is 1.29 bits per heavy atom. The van der Waals surface area contributed by atoms with Crippen LogP contribution >= 0.6 is 23.2 Å². The van der Waals surface area contributed by atoms with Crippen molar-refractivity contribution in [3.63, 3.8) is 0 Å². The van der Waals surface area contributed by atoms with Gasteiger partial charge in [0.15, 0.2) is 0 Å². The van der Waals surface area contributed by atoms with E-state index < -0.39 is 0 Å². The number of rotatable bonds is 3. The SMILES string of the molecule is CCC(C)(C)Oc1cccc(Cl)c1Cl. The summed E-state index contributed by atoms with van der Waals surface area (Å²) in [5, 5.41) is 1.01. The third-order valence-corrected chi connectivity index (χ3v) is 2.96. The van der Waals surface area contributed by atoms with Crippen LogP contribution in [0.1, 0.15) is 27.2 Å². The quantitative estimate of drug-likeness (QED) is 0.743. The first-order valence-corrected chi connectivity index (χ1v) is 5.35. The predicted molar refractivity (Wildman–Crippen MR) is 61.5 cm³/mol. The van der Waals surface area contributed by atoms with Crippen molar-refractivity contribution < 1.29 is 4.74 Å². The third kappa shape index (κ3) is 2.79. The van der Waals surface area contributed by atoms with Gasteiger partial charge in [-0.05, 0) is 32.4 Å². The summed E-state index contributed by atoms with van der Waals surface area (Å²) in [5.41, 5.74) is -0.214. The molecule has 0 N–H and O–H groups in total. The molecule has 0 fully saturated rings. The molecule has 78 valence electrons. The molecule has 1 rings (SSSR count). The topological polar surface area (TPSA) is 9.23 Å². The van der Waals surface area contributed by atoms with Crippen LogP contribution in [0.15, 0.2) is 18.2 Å². The molecule has 1 aromatic rings. The summed E-state index contributed by atoms with van der Waals surface area (Å²) >= 11 is 11.9. The van der Waals surface area contributed by atoms with Crippen LogP contribution in [0.25, 0.3) is 0 Å². The van der Waals surface area contributed by atoms with E-state index in [-0.39, 0.29) is 5.60 Å². The molecule has 0 bridgehead atoms. The Bertz CT molecular complexity index is 321. The second kappa shape index (κ2) is 4.41. The lowest BCUT2D eigenvalue weighted by molar-refractivity contribution is 0.105. The first-order valence-electron chi connectivity index (χ1n) is 4.59. The zero-order valence-electron chi connectivity index (χ0n) is 8.60. The molecule has 0 heterocycles. The molecule has 0 saturated carbocycles.